The Balaban J connectivity index is 2.72. The molecule has 0 saturated carbocycles. The summed E-state index contributed by atoms with van der Waals surface area (Å²) in [5.74, 6) is 0.759. The smallest absolute Gasteiger partial charge is 0.140 e. The molecule has 1 aromatic rings. The van der Waals surface area contributed by atoms with Crippen molar-refractivity contribution in [3.05, 3.63) is 27.8 Å². The van der Waals surface area contributed by atoms with Crippen LogP contribution in [0.4, 0.5) is 11.5 Å². The number of halogens is 2. The molecule has 13 heavy (non-hydrogen) atoms. The zero-order chi connectivity index (χ0) is 9.84. The second kappa shape index (κ2) is 4.62. The minimum absolute atomic E-state index is 0.634. The van der Waals surface area contributed by atoms with Gasteiger partial charge in [0.05, 0.1) is 16.4 Å². The van der Waals surface area contributed by atoms with Crippen LogP contribution in [0.2, 0.25) is 0 Å². The van der Waals surface area contributed by atoms with E-state index in [0.29, 0.717) is 12.2 Å². The Morgan fingerprint density at radius 1 is 1.69 bits per heavy atom. The summed E-state index contributed by atoms with van der Waals surface area (Å²) in [4.78, 5) is 4.10. The van der Waals surface area contributed by atoms with Crippen LogP contribution in [0.25, 0.3) is 0 Å². The first-order chi connectivity index (χ1) is 6.09. The fourth-order valence-corrected chi connectivity index (χ4v) is 1.41. The Bertz CT molecular complexity index is 325. The van der Waals surface area contributed by atoms with Gasteiger partial charge >= 0.3 is 0 Å². The normalized spacial score (nSPS) is 9.69. The van der Waals surface area contributed by atoms with Crippen molar-refractivity contribution in [2.75, 3.05) is 17.6 Å². The molecule has 0 atom stereocenters. The van der Waals surface area contributed by atoms with Crippen molar-refractivity contribution in [2.24, 2.45) is 0 Å². The van der Waals surface area contributed by atoms with Crippen molar-refractivity contribution in [1.29, 1.82) is 0 Å². The zero-order valence-electron chi connectivity index (χ0n) is 6.85. The van der Waals surface area contributed by atoms with E-state index in [2.05, 4.69) is 48.7 Å². The minimum Gasteiger partial charge on any atom is -0.397 e. The summed E-state index contributed by atoms with van der Waals surface area (Å²) < 4.78 is 1.72. The lowest BCUT2D eigenvalue weighted by molar-refractivity contribution is 1.21. The van der Waals surface area contributed by atoms with E-state index in [1.165, 1.54) is 0 Å². The number of hydrogen-bond donors (Lipinski definition) is 2. The number of nitrogens with two attached hydrogens (primary N) is 1. The van der Waals surface area contributed by atoms with Gasteiger partial charge in [-0.15, -0.1) is 0 Å². The summed E-state index contributed by atoms with van der Waals surface area (Å²) in [7, 11) is 0. The largest absolute Gasteiger partial charge is 0.397 e. The Kier molecular flexibility index (Phi) is 3.74. The highest BCUT2D eigenvalue weighted by atomic mass is 79.9. The van der Waals surface area contributed by atoms with E-state index in [1.54, 1.807) is 12.3 Å². The van der Waals surface area contributed by atoms with Crippen LogP contribution in [0, 0.1) is 0 Å². The van der Waals surface area contributed by atoms with E-state index in [-0.39, 0.29) is 0 Å². The van der Waals surface area contributed by atoms with Gasteiger partial charge in [-0.05, 0) is 22.0 Å². The van der Waals surface area contributed by atoms with Gasteiger partial charge in [0, 0.05) is 11.0 Å². The SMILES string of the molecule is C=C(Br)CNc1ncc(N)cc1Br. The van der Waals surface area contributed by atoms with Crippen LogP contribution in [0.1, 0.15) is 0 Å². The molecule has 0 aliphatic carbocycles. The number of aromatic nitrogens is 1. The van der Waals surface area contributed by atoms with E-state index < -0.39 is 0 Å². The van der Waals surface area contributed by atoms with Crippen LogP contribution in [-0.2, 0) is 0 Å². The van der Waals surface area contributed by atoms with Crippen molar-refractivity contribution in [3.8, 4) is 0 Å². The number of pyridine rings is 1. The first-order valence-electron chi connectivity index (χ1n) is 3.58. The molecule has 0 bridgehead atoms. The van der Waals surface area contributed by atoms with Crippen LogP contribution in [0.3, 0.4) is 0 Å². The molecule has 0 fully saturated rings. The molecule has 0 spiro atoms. The molecule has 0 amide bonds. The van der Waals surface area contributed by atoms with Crippen molar-refractivity contribution in [1.82, 2.24) is 4.98 Å². The summed E-state index contributed by atoms with van der Waals surface area (Å²) in [6.45, 7) is 4.34. The number of nitrogen functional groups attached to an aromatic ring is 1. The molecule has 0 saturated heterocycles. The van der Waals surface area contributed by atoms with Crippen LogP contribution >= 0.6 is 31.9 Å². The molecule has 1 aromatic heterocycles. The lowest BCUT2D eigenvalue weighted by atomic mass is 10.4. The molecule has 70 valence electrons. The van der Waals surface area contributed by atoms with Gasteiger partial charge < -0.3 is 11.1 Å². The molecular formula is C8H9Br2N3. The molecule has 1 rings (SSSR count). The molecule has 0 aliphatic heterocycles. The third-order valence-corrected chi connectivity index (χ3v) is 2.19. The molecule has 0 radical (unpaired) electrons. The summed E-state index contributed by atoms with van der Waals surface area (Å²) in [5, 5.41) is 3.08. The average Bonchev–Trinajstić information content (AvgIpc) is 2.02. The lowest BCUT2D eigenvalue weighted by Crippen LogP contribution is -2.03. The van der Waals surface area contributed by atoms with E-state index in [1.807, 2.05) is 0 Å². The molecule has 3 N–H and O–H groups in total. The van der Waals surface area contributed by atoms with Gasteiger partial charge in [-0.2, -0.15) is 0 Å². The predicted octanol–water partition coefficient (Wildman–Crippen LogP) is 2.75. The summed E-state index contributed by atoms with van der Waals surface area (Å²) >= 11 is 6.59. The second-order valence-electron chi connectivity index (χ2n) is 2.47. The van der Waals surface area contributed by atoms with Gasteiger partial charge in [-0.3, -0.25) is 0 Å². The fourth-order valence-electron chi connectivity index (χ4n) is 0.762. The highest BCUT2D eigenvalue weighted by molar-refractivity contribution is 9.11. The first-order valence-corrected chi connectivity index (χ1v) is 5.16. The van der Waals surface area contributed by atoms with Gasteiger partial charge in [-0.25, -0.2) is 4.98 Å². The van der Waals surface area contributed by atoms with E-state index in [4.69, 9.17) is 5.73 Å². The van der Waals surface area contributed by atoms with Crippen molar-refractivity contribution in [3.63, 3.8) is 0 Å². The first kappa shape index (κ1) is 10.5. The zero-order valence-corrected chi connectivity index (χ0v) is 10.0. The van der Waals surface area contributed by atoms with Gasteiger partial charge in [0.25, 0.3) is 0 Å². The number of nitrogens with one attached hydrogen (secondary N) is 1. The summed E-state index contributed by atoms with van der Waals surface area (Å²) in [6, 6.07) is 1.80. The fraction of sp³-hybridized carbons (Fsp3) is 0.125. The van der Waals surface area contributed by atoms with Crippen LogP contribution in [0.15, 0.2) is 27.8 Å². The third-order valence-electron chi connectivity index (χ3n) is 1.31. The maximum atomic E-state index is 5.54. The van der Waals surface area contributed by atoms with Gasteiger partial charge in [0.2, 0.25) is 0 Å². The Hall–Kier alpha value is -0.550. The molecule has 5 heteroatoms. The van der Waals surface area contributed by atoms with Crippen molar-refractivity contribution < 1.29 is 0 Å². The Morgan fingerprint density at radius 2 is 2.38 bits per heavy atom. The van der Waals surface area contributed by atoms with Gasteiger partial charge in [-0.1, -0.05) is 22.5 Å². The van der Waals surface area contributed by atoms with Gasteiger partial charge in [0.15, 0.2) is 0 Å². The lowest BCUT2D eigenvalue weighted by Gasteiger charge is -2.06. The average molecular weight is 307 g/mol. The molecule has 0 unspecified atom stereocenters. The van der Waals surface area contributed by atoms with Crippen LogP contribution in [-0.4, -0.2) is 11.5 Å². The van der Waals surface area contributed by atoms with Gasteiger partial charge in [0.1, 0.15) is 5.82 Å². The quantitative estimate of drug-likeness (QED) is 0.903. The van der Waals surface area contributed by atoms with E-state index in [0.717, 1.165) is 14.8 Å². The van der Waals surface area contributed by atoms with Crippen LogP contribution in [0.5, 0.6) is 0 Å². The number of anilines is 2. The molecule has 1 heterocycles. The highest BCUT2D eigenvalue weighted by Gasteiger charge is 2.00. The standard InChI is InChI=1S/C8H9Br2N3/c1-5(9)3-12-8-7(10)2-6(11)4-13-8/h2,4H,1,3,11H2,(H,12,13). The van der Waals surface area contributed by atoms with Crippen LogP contribution < -0.4 is 11.1 Å². The predicted molar refractivity (Wildman–Crippen MR) is 62.9 cm³/mol. The molecule has 0 aromatic carbocycles. The Morgan fingerprint density at radius 3 is 2.92 bits per heavy atom. The molecular weight excluding hydrogens is 298 g/mol. The summed E-state index contributed by atoms with van der Waals surface area (Å²) in [5.41, 5.74) is 6.17. The topological polar surface area (TPSA) is 50.9 Å². The highest BCUT2D eigenvalue weighted by Crippen LogP contribution is 2.21. The maximum absolute atomic E-state index is 5.54. The maximum Gasteiger partial charge on any atom is 0.140 e. The van der Waals surface area contributed by atoms with Crippen molar-refractivity contribution in [2.45, 2.75) is 0 Å². The van der Waals surface area contributed by atoms with E-state index in [9.17, 15) is 0 Å². The minimum atomic E-state index is 0.634. The Labute approximate surface area is 93.7 Å². The molecule has 0 aliphatic rings. The number of rotatable bonds is 3. The third kappa shape index (κ3) is 3.36. The van der Waals surface area contributed by atoms with E-state index >= 15 is 0 Å². The number of nitrogens with zero attached hydrogens (tertiary/aromatic N) is 1. The van der Waals surface area contributed by atoms with Crippen molar-refractivity contribution >= 4 is 43.4 Å². The number of hydrogen-bond acceptors (Lipinski definition) is 3. The molecule has 3 nitrogen and oxygen atoms in total. The second-order valence-corrected chi connectivity index (χ2v) is 4.45. The monoisotopic (exact) mass is 305 g/mol. The summed E-state index contributed by atoms with van der Waals surface area (Å²) in [6.07, 6.45) is 1.60.